The lowest BCUT2D eigenvalue weighted by Crippen LogP contribution is -2.38. The van der Waals surface area contributed by atoms with Crippen molar-refractivity contribution >= 4 is 11.0 Å². The van der Waals surface area contributed by atoms with E-state index in [2.05, 4.69) is 29.6 Å². The zero-order valence-corrected chi connectivity index (χ0v) is 15.3. The Labute approximate surface area is 153 Å². The zero-order valence-electron chi connectivity index (χ0n) is 15.3. The number of furan rings is 1. The van der Waals surface area contributed by atoms with E-state index < -0.39 is 0 Å². The van der Waals surface area contributed by atoms with Gasteiger partial charge in [-0.05, 0) is 44.0 Å². The lowest BCUT2D eigenvalue weighted by Gasteiger charge is -2.31. The number of rotatable bonds is 6. The van der Waals surface area contributed by atoms with Gasteiger partial charge in [0.05, 0.1) is 19.9 Å². The van der Waals surface area contributed by atoms with E-state index in [0.717, 1.165) is 54.0 Å². The van der Waals surface area contributed by atoms with Crippen molar-refractivity contribution in [2.45, 2.75) is 45.0 Å². The fraction of sp³-hybridized carbons (Fsp3) is 0.450. The monoisotopic (exact) mass is 355 g/mol. The van der Waals surface area contributed by atoms with Crippen LogP contribution in [0.15, 0.2) is 41.1 Å². The van der Waals surface area contributed by atoms with E-state index >= 15 is 0 Å². The second-order valence-electron chi connectivity index (χ2n) is 6.67. The molecule has 6 nitrogen and oxygen atoms in total. The minimum atomic E-state index is 0.0357. The summed E-state index contributed by atoms with van der Waals surface area (Å²) in [6.07, 6.45) is 6.18. The number of methoxy groups -OCH3 is 1. The summed E-state index contributed by atoms with van der Waals surface area (Å²) in [5.41, 5.74) is 2.02. The molecule has 0 amide bonds. The first kappa shape index (κ1) is 17.1. The van der Waals surface area contributed by atoms with Crippen LogP contribution in [-0.2, 0) is 17.8 Å². The Bertz CT molecular complexity index is 870. The van der Waals surface area contributed by atoms with Crippen molar-refractivity contribution in [3.8, 4) is 5.75 Å². The van der Waals surface area contributed by atoms with Crippen molar-refractivity contribution in [2.24, 2.45) is 0 Å². The topological polar surface area (TPSA) is 61.5 Å². The molecule has 1 saturated heterocycles. The molecule has 1 aliphatic rings. The number of fused-ring (bicyclic) bond motifs is 1. The highest BCUT2D eigenvalue weighted by molar-refractivity contribution is 5.79. The molecule has 2 aromatic heterocycles. The number of benzene rings is 1. The van der Waals surface area contributed by atoms with Gasteiger partial charge in [-0.2, -0.15) is 5.10 Å². The van der Waals surface area contributed by atoms with Crippen LogP contribution in [0.4, 0.5) is 0 Å². The minimum absolute atomic E-state index is 0.0357. The van der Waals surface area contributed by atoms with Crippen LogP contribution in [0.3, 0.4) is 0 Å². The molecule has 6 heteroatoms. The van der Waals surface area contributed by atoms with Gasteiger partial charge in [-0.15, -0.1) is 0 Å². The molecule has 138 valence electrons. The second-order valence-corrected chi connectivity index (χ2v) is 6.67. The molecule has 4 rings (SSSR count). The van der Waals surface area contributed by atoms with Crippen molar-refractivity contribution in [1.82, 2.24) is 15.1 Å². The smallest absolute Gasteiger partial charge is 0.134 e. The van der Waals surface area contributed by atoms with Gasteiger partial charge in [0.2, 0.25) is 0 Å². The fourth-order valence-electron chi connectivity index (χ4n) is 3.54. The van der Waals surface area contributed by atoms with Crippen LogP contribution >= 0.6 is 0 Å². The number of hydrogen-bond donors (Lipinski definition) is 1. The van der Waals surface area contributed by atoms with Gasteiger partial charge in [0.15, 0.2) is 0 Å². The molecule has 3 heterocycles. The summed E-state index contributed by atoms with van der Waals surface area (Å²) in [6, 6.07) is 8.18. The van der Waals surface area contributed by atoms with Gasteiger partial charge >= 0.3 is 0 Å². The van der Waals surface area contributed by atoms with Crippen molar-refractivity contribution < 1.29 is 13.9 Å². The third-order valence-corrected chi connectivity index (χ3v) is 4.94. The van der Waals surface area contributed by atoms with Crippen molar-refractivity contribution in [1.29, 1.82) is 0 Å². The average Bonchev–Trinajstić information content (AvgIpc) is 3.32. The minimum Gasteiger partial charge on any atom is -0.497 e. The summed E-state index contributed by atoms with van der Waals surface area (Å²) in [7, 11) is 1.67. The highest BCUT2D eigenvalue weighted by Crippen LogP contribution is 2.29. The number of nitrogens with zero attached hydrogens (tertiary/aromatic N) is 2. The quantitative estimate of drug-likeness (QED) is 0.731. The first-order chi connectivity index (χ1) is 12.8. The van der Waals surface area contributed by atoms with Gasteiger partial charge in [-0.3, -0.25) is 4.68 Å². The molecule has 0 saturated carbocycles. The molecule has 1 fully saturated rings. The normalized spacial score (nSPS) is 20.5. The maximum Gasteiger partial charge on any atom is 0.134 e. The molecule has 0 aliphatic carbocycles. The van der Waals surface area contributed by atoms with Crippen LogP contribution in [-0.4, -0.2) is 29.5 Å². The maximum absolute atomic E-state index is 6.05. The number of aryl methyl sites for hydroxylation is 1. The predicted octanol–water partition coefficient (Wildman–Crippen LogP) is 3.67. The molecule has 3 aromatic rings. The van der Waals surface area contributed by atoms with E-state index in [1.54, 1.807) is 7.11 Å². The summed E-state index contributed by atoms with van der Waals surface area (Å²) in [5, 5.41) is 9.06. The Morgan fingerprint density at radius 3 is 3.08 bits per heavy atom. The molecule has 2 atom stereocenters. The average molecular weight is 355 g/mol. The summed E-state index contributed by atoms with van der Waals surface area (Å²) < 4.78 is 19.2. The summed E-state index contributed by atoms with van der Waals surface area (Å²) >= 11 is 0. The Kier molecular flexibility index (Phi) is 4.95. The molecule has 1 aliphatic heterocycles. The number of nitrogens with one attached hydrogen (secondary N) is 1. The fourth-order valence-corrected chi connectivity index (χ4v) is 3.54. The van der Waals surface area contributed by atoms with E-state index in [4.69, 9.17) is 13.9 Å². The molecule has 1 N–H and O–H groups in total. The Morgan fingerprint density at radius 2 is 2.27 bits per heavy atom. The van der Waals surface area contributed by atoms with E-state index in [1.807, 2.05) is 29.1 Å². The highest BCUT2D eigenvalue weighted by atomic mass is 16.5. The third kappa shape index (κ3) is 3.48. The van der Waals surface area contributed by atoms with Gasteiger partial charge in [0.25, 0.3) is 0 Å². The molecule has 0 unspecified atom stereocenters. The molecule has 0 radical (unpaired) electrons. The van der Waals surface area contributed by atoms with Gasteiger partial charge in [0.1, 0.15) is 23.2 Å². The van der Waals surface area contributed by atoms with Crippen LogP contribution < -0.4 is 10.1 Å². The Hall–Kier alpha value is -2.31. The Balaban J connectivity index is 1.46. The van der Waals surface area contributed by atoms with E-state index in [-0.39, 0.29) is 12.1 Å². The predicted molar refractivity (Wildman–Crippen MR) is 99.2 cm³/mol. The molecule has 1 aromatic carbocycles. The maximum atomic E-state index is 6.05. The van der Waals surface area contributed by atoms with E-state index in [0.29, 0.717) is 6.54 Å². The second kappa shape index (κ2) is 7.51. The standard InChI is InChI=1S/C20H25N3O3/c1-3-23-13-15(11-22-23)20-18(5-4-8-25-20)21-12-17-10-14-9-16(24-2)6-7-19(14)26-17/h6-7,9-11,13,18,20-21H,3-5,8,12H2,1-2H3/t18-,20+/m0/s1. The summed E-state index contributed by atoms with van der Waals surface area (Å²) in [4.78, 5) is 0. The van der Waals surface area contributed by atoms with Gasteiger partial charge in [-0.1, -0.05) is 0 Å². The first-order valence-electron chi connectivity index (χ1n) is 9.20. The SMILES string of the molecule is CCn1cc([C@H]2OCCC[C@@H]2NCc2cc3cc(OC)ccc3o2)cn1. The number of aromatic nitrogens is 2. The van der Waals surface area contributed by atoms with Crippen molar-refractivity contribution in [3.63, 3.8) is 0 Å². The van der Waals surface area contributed by atoms with Crippen molar-refractivity contribution in [2.75, 3.05) is 13.7 Å². The highest BCUT2D eigenvalue weighted by Gasteiger charge is 2.28. The summed E-state index contributed by atoms with van der Waals surface area (Å²) in [6.45, 7) is 4.42. The molecular weight excluding hydrogens is 330 g/mol. The number of hydrogen-bond acceptors (Lipinski definition) is 5. The van der Waals surface area contributed by atoms with E-state index in [9.17, 15) is 0 Å². The largest absolute Gasteiger partial charge is 0.497 e. The third-order valence-electron chi connectivity index (χ3n) is 4.94. The zero-order chi connectivity index (χ0) is 17.9. The van der Waals surface area contributed by atoms with Crippen LogP contribution in [0, 0.1) is 0 Å². The van der Waals surface area contributed by atoms with Crippen LogP contribution in [0.25, 0.3) is 11.0 Å². The van der Waals surface area contributed by atoms with Crippen LogP contribution in [0.2, 0.25) is 0 Å². The molecule has 26 heavy (non-hydrogen) atoms. The number of ether oxygens (including phenoxy) is 2. The van der Waals surface area contributed by atoms with Gasteiger partial charge in [-0.25, -0.2) is 0 Å². The molecule has 0 bridgehead atoms. The van der Waals surface area contributed by atoms with Crippen LogP contribution in [0.5, 0.6) is 5.75 Å². The van der Waals surface area contributed by atoms with Crippen molar-refractivity contribution in [3.05, 3.63) is 48.0 Å². The van der Waals surface area contributed by atoms with Gasteiger partial charge in [0, 0.05) is 36.3 Å². The molecule has 0 spiro atoms. The Morgan fingerprint density at radius 1 is 1.35 bits per heavy atom. The van der Waals surface area contributed by atoms with E-state index in [1.165, 1.54) is 0 Å². The lowest BCUT2D eigenvalue weighted by molar-refractivity contribution is -0.0116. The lowest BCUT2D eigenvalue weighted by atomic mass is 9.98. The van der Waals surface area contributed by atoms with Crippen LogP contribution in [0.1, 0.15) is 37.2 Å². The van der Waals surface area contributed by atoms with Gasteiger partial charge < -0.3 is 19.2 Å². The first-order valence-corrected chi connectivity index (χ1v) is 9.20. The molecular formula is C20H25N3O3. The summed E-state index contributed by atoms with van der Waals surface area (Å²) in [5.74, 6) is 1.76.